The van der Waals surface area contributed by atoms with Crippen LogP contribution in [0.5, 0.6) is 0 Å². The number of unbranched alkanes of at least 4 members (excludes halogenated alkanes) is 1. The standard InChI is InChI=1S/C6H11NOS2.C4H10O2S2.2H2/c1-10(8)5-3-2-4-7-6-9;5-3(1-7)4(6)2-8;;/h2-5H2,1H3;3-8H,1-2H2;2*1H/t;3-,4-;;/m.1../s1/i;;1+2D;1+2. The van der Waals surface area contributed by atoms with Crippen LogP contribution in [0.2, 0.25) is 0 Å². The molecule has 0 radical (unpaired) electrons. The molecule has 0 saturated heterocycles. The van der Waals surface area contributed by atoms with Crippen molar-refractivity contribution in [1.29, 1.82) is 0 Å². The van der Waals surface area contributed by atoms with E-state index in [0.717, 1.165) is 25.1 Å². The molecule has 0 aromatic rings. The second-order valence-electron chi connectivity index (χ2n) is 3.46. The minimum Gasteiger partial charge on any atom is -0.390 e. The molecule has 0 aliphatic heterocycles. The van der Waals surface area contributed by atoms with Gasteiger partial charge >= 0.3 is 0 Å². The van der Waals surface area contributed by atoms with Gasteiger partial charge in [-0.05, 0) is 25.1 Å². The van der Waals surface area contributed by atoms with Gasteiger partial charge in [0, 0.05) is 45.3 Å². The molecule has 0 aromatic carbocycles. The number of thiocarbonyl (C=S) groups is 1. The number of rotatable bonds is 8. The van der Waals surface area contributed by atoms with E-state index < -0.39 is 23.0 Å². The number of aliphatic hydroxyl groups is 2. The number of nitrogens with zero attached hydrogens (tertiary/aromatic N) is 1. The van der Waals surface area contributed by atoms with Gasteiger partial charge in [0.15, 0.2) is 0 Å². The highest BCUT2D eigenvalue weighted by molar-refractivity contribution is 7.84. The second-order valence-corrected chi connectivity index (χ2v) is 5.92. The largest absolute Gasteiger partial charge is 0.390 e. The Morgan fingerprint density at radius 3 is 2.28 bits per heavy atom. The fourth-order valence-corrected chi connectivity index (χ4v) is 1.97. The summed E-state index contributed by atoms with van der Waals surface area (Å²) in [4.78, 5) is 3.73. The van der Waals surface area contributed by atoms with Crippen molar-refractivity contribution in [3.63, 3.8) is 0 Å². The van der Waals surface area contributed by atoms with Crippen molar-refractivity contribution >= 4 is 53.4 Å². The van der Waals surface area contributed by atoms with E-state index in [9.17, 15) is 4.21 Å². The van der Waals surface area contributed by atoms with Gasteiger partial charge in [-0.15, -0.1) is 0 Å². The van der Waals surface area contributed by atoms with Crippen molar-refractivity contribution in [3.8, 4) is 0 Å². The van der Waals surface area contributed by atoms with Crippen LogP contribution >= 0.6 is 37.5 Å². The predicted molar refractivity (Wildman–Crippen MR) is 92.0 cm³/mol. The SMILES string of the molecule is CS(=O)CCCCN=C=S.O[C@H](CS)[C@H](O)CS.[2H][3H].[3HH]. The Hall–Kier alpha value is 0.570. The lowest BCUT2D eigenvalue weighted by atomic mass is 10.3. The molecular formula is C10H25NO3S4. The average molecular weight is 341 g/mol. The first-order valence-electron chi connectivity index (χ1n) is 6.41. The topological polar surface area (TPSA) is 69.9 Å². The molecular weight excluding hydrogens is 310 g/mol. The predicted octanol–water partition coefficient (Wildman–Crippen LogP) is 1.31. The Labute approximate surface area is 132 Å². The number of aliphatic hydroxyl groups excluding tert-OH is 2. The molecule has 0 aliphatic carbocycles. The molecule has 18 heavy (non-hydrogen) atoms. The molecule has 2 N–H and O–H groups in total. The van der Waals surface area contributed by atoms with Crippen LogP contribution in [0.25, 0.3) is 0 Å². The Kier molecular flexibility index (Phi) is 16.1. The maximum atomic E-state index is 10.5. The molecule has 0 heterocycles. The fourth-order valence-electron chi connectivity index (χ4n) is 0.785. The Morgan fingerprint density at radius 1 is 1.44 bits per heavy atom. The Balaban J connectivity index is -0.000000120. The van der Waals surface area contributed by atoms with Crippen molar-refractivity contribution in [2.24, 2.45) is 4.99 Å². The number of hydrogen-bond donors (Lipinski definition) is 4. The van der Waals surface area contributed by atoms with E-state index >= 15 is 0 Å². The van der Waals surface area contributed by atoms with Gasteiger partial charge in [0.1, 0.15) is 0 Å². The number of isothiocyanates is 1. The van der Waals surface area contributed by atoms with Crippen LogP contribution in [0.1, 0.15) is 17.2 Å². The molecule has 4 nitrogen and oxygen atoms in total. The van der Waals surface area contributed by atoms with Gasteiger partial charge in [-0.3, -0.25) is 4.21 Å². The summed E-state index contributed by atoms with van der Waals surface area (Å²) in [5.74, 6) is 1.33. The fraction of sp³-hybridized carbons (Fsp3) is 0.900. The number of thiol groups is 2. The van der Waals surface area contributed by atoms with E-state index in [-0.39, 0.29) is 12.9 Å². The zero-order chi connectivity index (χ0) is 16.4. The van der Waals surface area contributed by atoms with Crippen molar-refractivity contribution in [2.75, 3.05) is 30.1 Å². The second kappa shape index (κ2) is 15.6. The van der Waals surface area contributed by atoms with Crippen LogP contribution in [0.3, 0.4) is 0 Å². The van der Waals surface area contributed by atoms with Crippen LogP contribution in [0.4, 0.5) is 0 Å². The van der Waals surface area contributed by atoms with Crippen LogP contribution in [0.15, 0.2) is 4.99 Å². The lowest BCUT2D eigenvalue weighted by Gasteiger charge is -2.11. The smallest absolute Gasteiger partial charge is 0.0894 e. The van der Waals surface area contributed by atoms with Crippen LogP contribution in [-0.4, -0.2) is 61.9 Å². The molecule has 0 bridgehead atoms. The molecule has 0 spiro atoms. The quantitative estimate of drug-likeness (QED) is 0.233. The van der Waals surface area contributed by atoms with E-state index in [1.807, 2.05) is 0 Å². The lowest BCUT2D eigenvalue weighted by Crippen LogP contribution is -2.28. The van der Waals surface area contributed by atoms with Crippen molar-refractivity contribution < 1.29 is 18.8 Å². The minimum absolute atomic E-state index is 0. The summed E-state index contributed by atoms with van der Waals surface area (Å²) in [6.45, 7) is 0.723. The van der Waals surface area contributed by atoms with Gasteiger partial charge in [-0.1, -0.05) is 0 Å². The average Bonchev–Trinajstić information content (AvgIpc) is 2.47. The van der Waals surface area contributed by atoms with Gasteiger partial charge in [0.05, 0.1) is 17.4 Å². The summed E-state index contributed by atoms with van der Waals surface area (Å²) in [6.07, 6.45) is 2.15. The van der Waals surface area contributed by atoms with E-state index in [1.54, 1.807) is 6.26 Å². The van der Waals surface area contributed by atoms with E-state index in [0.29, 0.717) is 0 Å². The number of hydrogen-bond acceptors (Lipinski definition) is 7. The van der Waals surface area contributed by atoms with E-state index in [2.05, 4.69) is 47.6 Å². The van der Waals surface area contributed by atoms with Gasteiger partial charge in [-0.2, -0.15) is 25.3 Å². The molecule has 0 saturated carbocycles. The minimum atomic E-state index is -0.740. The third-order valence-corrected chi connectivity index (χ3v) is 3.58. The summed E-state index contributed by atoms with van der Waals surface area (Å²) in [5.41, 5.74) is 0. The highest BCUT2D eigenvalue weighted by atomic mass is 32.2. The number of aliphatic imine (C=N–C) groups is 1. The molecule has 3 atom stereocenters. The maximum absolute atomic E-state index is 10.5. The summed E-state index contributed by atoms with van der Waals surface area (Å²) in [5, 5.41) is 19.8. The zero-order valence-electron chi connectivity index (χ0n) is 12.4. The maximum Gasteiger partial charge on any atom is 0.0894 e. The van der Waals surface area contributed by atoms with Gasteiger partial charge < -0.3 is 10.2 Å². The van der Waals surface area contributed by atoms with E-state index in [4.69, 9.17) is 13.2 Å². The first-order chi connectivity index (χ1) is 9.49. The van der Waals surface area contributed by atoms with E-state index in [1.165, 1.54) is 0 Å². The summed E-state index contributed by atoms with van der Waals surface area (Å²) in [7, 11) is -0.659. The Bertz CT molecular complexity index is 260. The first-order valence-corrected chi connectivity index (χ1v) is 8.81. The molecule has 8 heteroatoms. The summed E-state index contributed by atoms with van der Waals surface area (Å²) >= 11 is 11.9. The molecule has 0 amide bonds. The molecule has 0 aliphatic rings. The molecule has 0 aromatic heterocycles. The molecule has 0 rings (SSSR count). The van der Waals surface area contributed by atoms with Crippen LogP contribution < -0.4 is 0 Å². The van der Waals surface area contributed by atoms with Crippen LogP contribution in [0, 0.1) is 0 Å². The van der Waals surface area contributed by atoms with Gasteiger partial charge in [0.25, 0.3) is 0 Å². The van der Waals surface area contributed by atoms with Crippen molar-refractivity contribution in [2.45, 2.75) is 25.0 Å². The Morgan fingerprint density at radius 2 is 1.94 bits per heavy atom. The molecule has 0 fully saturated rings. The van der Waals surface area contributed by atoms with Crippen molar-refractivity contribution in [1.82, 2.24) is 0 Å². The highest BCUT2D eigenvalue weighted by Crippen LogP contribution is 1.96. The first kappa shape index (κ1) is 18.6. The normalized spacial score (nSPS) is 15.2. The third kappa shape index (κ3) is 16.6. The van der Waals surface area contributed by atoms with Gasteiger partial charge in [-0.25, -0.2) is 4.99 Å². The third-order valence-electron chi connectivity index (χ3n) is 1.83. The summed E-state index contributed by atoms with van der Waals surface area (Å²) < 4.78 is 20.5. The van der Waals surface area contributed by atoms with Crippen molar-refractivity contribution in [3.05, 3.63) is 0 Å². The molecule has 112 valence electrons. The highest BCUT2D eigenvalue weighted by Gasteiger charge is 2.10. The lowest BCUT2D eigenvalue weighted by molar-refractivity contribution is 0.0504. The monoisotopic (exact) mass is 340 g/mol. The van der Waals surface area contributed by atoms with Gasteiger partial charge in [0.2, 0.25) is 0 Å². The zero-order valence-corrected chi connectivity index (χ0v) is 13.8. The van der Waals surface area contributed by atoms with Crippen LogP contribution in [-0.2, 0) is 10.8 Å². The molecule has 1 unspecified atom stereocenters. The summed E-state index contributed by atoms with van der Waals surface area (Å²) in [6, 6.07) is 0.